The quantitative estimate of drug-likeness (QED) is 0.755. The lowest BCUT2D eigenvalue weighted by Crippen LogP contribution is -2.20. The molecule has 0 spiro atoms. The number of rotatable bonds is 4. The minimum atomic E-state index is -0.309. The third-order valence-electron chi connectivity index (χ3n) is 4.55. The van der Waals surface area contributed by atoms with Gasteiger partial charge in [-0.3, -0.25) is 10.4 Å². The van der Waals surface area contributed by atoms with Gasteiger partial charge in [-0.15, -0.1) is 0 Å². The zero-order chi connectivity index (χ0) is 16.0. The summed E-state index contributed by atoms with van der Waals surface area (Å²) >= 11 is 6.33. The summed E-state index contributed by atoms with van der Waals surface area (Å²) in [5, 5.41) is 13.1. The van der Waals surface area contributed by atoms with Crippen LogP contribution in [-0.4, -0.2) is 16.2 Å². The van der Waals surface area contributed by atoms with Crippen LogP contribution in [0.25, 0.3) is 0 Å². The largest absolute Gasteiger partial charge is 0.324 e. The van der Waals surface area contributed by atoms with E-state index in [4.69, 9.17) is 11.6 Å². The van der Waals surface area contributed by atoms with Crippen molar-refractivity contribution >= 4 is 29.1 Å². The van der Waals surface area contributed by atoms with E-state index in [1.54, 1.807) is 6.20 Å². The number of nitrogens with one attached hydrogen (secondary N) is 3. The number of nitrogens with zero attached hydrogens (tertiary/aromatic N) is 1. The maximum Gasteiger partial charge on any atom is 0.324 e. The molecule has 2 aliphatic carbocycles. The van der Waals surface area contributed by atoms with Crippen LogP contribution in [0.15, 0.2) is 18.3 Å². The van der Waals surface area contributed by atoms with Gasteiger partial charge < -0.3 is 5.32 Å². The van der Waals surface area contributed by atoms with Gasteiger partial charge in [0.05, 0.1) is 16.9 Å². The Morgan fingerprint density at radius 3 is 2.57 bits per heavy atom. The molecule has 6 heteroatoms. The number of benzene rings is 1. The minimum absolute atomic E-state index is 0.309. The zero-order valence-electron chi connectivity index (χ0n) is 12.9. The van der Waals surface area contributed by atoms with E-state index >= 15 is 0 Å². The molecule has 2 saturated carbocycles. The number of hydrogen-bond donors (Lipinski definition) is 3. The van der Waals surface area contributed by atoms with Gasteiger partial charge in [-0.05, 0) is 67.7 Å². The number of aromatic nitrogens is 2. The average molecular weight is 331 g/mol. The molecular formula is C17H19ClN4O. The second-order valence-electron chi connectivity index (χ2n) is 6.52. The predicted octanol–water partition coefficient (Wildman–Crippen LogP) is 4.77. The predicted molar refractivity (Wildman–Crippen MR) is 91.4 cm³/mol. The van der Waals surface area contributed by atoms with Crippen LogP contribution < -0.4 is 10.6 Å². The van der Waals surface area contributed by atoms with Crippen molar-refractivity contribution in [2.75, 3.05) is 10.6 Å². The number of H-pyrrole nitrogens is 1. The number of halogens is 1. The number of carbonyl (C=O) groups is 1. The fourth-order valence-corrected chi connectivity index (χ4v) is 3.21. The molecule has 0 saturated heterocycles. The van der Waals surface area contributed by atoms with Crippen molar-refractivity contribution in [1.82, 2.24) is 10.2 Å². The van der Waals surface area contributed by atoms with Crippen molar-refractivity contribution < 1.29 is 4.79 Å². The van der Waals surface area contributed by atoms with E-state index in [0.717, 1.165) is 18.4 Å². The van der Waals surface area contributed by atoms with E-state index < -0.39 is 0 Å². The molecule has 1 aromatic carbocycles. The molecular weight excluding hydrogens is 312 g/mol. The SMILES string of the molecule is Cc1cc(NC(=O)Nc2[nH]ncc2C2CC2)c(Cl)cc1C1CC1. The molecule has 0 unspecified atom stereocenters. The van der Waals surface area contributed by atoms with Crippen LogP contribution in [0.3, 0.4) is 0 Å². The molecule has 3 N–H and O–H groups in total. The molecule has 2 fully saturated rings. The molecule has 0 bridgehead atoms. The van der Waals surface area contributed by atoms with Crippen molar-refractivity contribution in [2.24, 2.45) is 0 Å². The molecule has 2 aromatic rings. The zero-order valence-corrected chi connectivity index (χ0v) is 13.7. The van der Waals surface area contributed by atoms with E-state index in [9.17, 15) is 4.79 Å². The van der Waals surface area contributed by atoms with Gasteiger partial charge in [0.1, 0.15) is 5.82 Å². The molecule has 1 aromatic heterocycles. The highest BCUT2D eigenvalue weighted by Crippen LogP contribution is 2.44. The Morgan fingerprint density at radius 2 is 1.87 bits per heavy atom. The number of aromatic amines is 1. The summed E-state index contributed by atoms with van der Waals surface area (Å²) in [5.41, 5.74) is 4.18. The van der Waals surface area contributed by atoms with Crippen molar-refractivity contribution in [2.45, 2.75) is 44.4 Å². The number of aryl methyl sites for hydroxylation is 1. The van der Waals surface area contributed by atoms with Crippen LogP contribution in [0.5, 0.6) is 0 Å². The smallest absolute Gasteiger partial charge is 0.306 e. The normalized spacial score (nSPS) is 17.1. The molecule has 4 rings (SSSR count). The number of anilines is 2. The maximum atomic E-state index is 12.2. The van der Waals surface area contributed by atoms with Crippen molar-refractivity contribution in [3.63, 3.8) is 0 Å². The summed E-state index contributed by atoms with van der Waals surface area (Å²) in [6, 6.07) is 3.62. The van der Waals surface area contributed by atoms with Crippen molar-refractivity contribution in [3.05, 3.63) is 40.0 Å². The first-order valence-electron chi connectivity index (χ1n) is 8.03. The van der Waals surface area contributed by atoms with Crippen molar-refractivity contribution in [1.29, 1.82) is 0 Å². The van der Waals surface area contributed by atoms with Crippen molar-refractivity contribution in [3.8, 4) is 0 Å². The van der Waals surface area contributed by atoms with Crippen LogP contribution in [0.2, 0.25) is 5.02 Å². The first-order chi connectivity index (χ1) is 11.1. The van der Waals surface area contributed by atoms with Crippen LogP contribution in [-0.2, 0) is 0 Å². The van der Waals surface area contributed by atoms with Crippen LogP contribution in [0.4, 0.5) is 16.3 Å². The van der Waals surface area contributed by atoms with E-state index in [1.165, 1.54) is 24.0 Å². The molecule has 0 radical (unpaired) electrons. The van der Waals surface area contributed by atoms with Gasteiger partial charge in [-0.2, -0.15) is 5.10 Å². The molecule has 0 aliphatic heterocycles. The summed E-state index contributed by atoms with van der Waals surface area (Å²) in [6.07, 6.45) is 6.56. The Hall–Kier alpha value is -2.01. The lowest BCUT2D eigenvalue weighted by molar-refractivity contribution is 0.262. The summed E-state index contributed by atoms with van der Waals surface area (Å²) in [5.74, 6) is 1.83. The minimum Gasteiger partial charge on any atom is -0.306 e. The number of hydrogen-bond acceptors (Lipinski definition) is 2. The van der Waals surface area contributed by atoms with Crippen LogP contribution in [0.1, 0.15) is 54.2 Å². The Balaban J connectivity index is 1.47. The fraction of sp³-hybridized carbons (Fsp3) is 0.412. The molecule has 2 amide bonds. The first-order valence-corrected chi connectivity index (χ1v) is 8.41. The summed E-state index contributed by atoms with van der Waals surface area (Å²) < 4.78 is 0. The lowest BCUT2D eigenvalue weighted by atomic mass is 10.0. The Morgan fingerprint density at radius 1 is 1.17 bits per heavy atom. The molecule has 5 nitrogen and oxygen atoms in total. The fourth-order valence-electron chi connectivity index (χ4n) is 2.99. The lowest BCUT2D eigenvalue weighted by Gasteiger charge is -2.12. The molecule has 0 atom stereocenters. The highest BCUT2D eigenvalue weighted by molar-refractivity contribution is 6.34. The molecule has 120 valence electrons. The molecule has 2 aliphatic rings. The monoisotopic (exact) mass is 330 g/mol. The topological polar surface area (TPSA) is 69.8 Å². The Labute approximate surface area is 139 Å². The number of urea groups is 1. The van der Waals surface area contributed by atoms with E-state index in [0.29, 0.717) is 28.4 Å². The standard InChI is InChI=1S/C17H19ClN4O/c1-9-6-15(14(18)7-12(9)10-2-3-10)20-17(23)21-16-13(8-19-22-16)11-4-5-11/h6-8,10-11H,2-5H2,1H3,(H3,19,20,21,22,23). The summed E-state index contributed by atoms with van der Waals surface area (Å²) in [4.78, 5) is 12.2. The van der Waals surface area contributed by atoms with Gasteiger partial charge in [0, 0.05) is 5.56 Å². The highest BCUT2D eigenvalue weighted by atomic mass is 35.5. The third-order valence-corrected chi connectivity index (χ3v) is 4.86. The Kier molecular flexibility index (Phi) is 3.53. The first kappa shape index (κ1) is 14.6. The second kappa shape index (κ2) is 5.57. The van der Waals surface area contributed by atoms with Crippen LogP contribution in [0, 0.1) is 6.92 Å². The van der Waals surface area contributed by atoms with E-state index in [-0.39, 0.29) is 6.03 Å². The molecule has 1 heterocycles. The van der Waals surface area contributed by atoms with Gasteiger partial charge >= 0.3 is 6.03 Å². The highest BCUT2D eigenvalue weighted by Gasteiger charge is 2.28. The van der Waals surface area contributed by atoms with Crippen LogP contribution >= 0.6 is 11.6 Å². The third kappa shape index (κ3) is 3.06. The average Bonchev–Trinajstić information content (AvgIpc) is 3.42. The van der Waals surface area contributed by atoms with Gasteiger partial charge in [0.25, 0.3) is 0 Å². The van der Waals surface area contributed by atoms with Gasteiger partial charge in [-0.25, -0.2) is 4.79 Å². The maximum absolute atomic E-state index is 12.2. The number of amides is 2. The number of carbonyl (C=O) groups excluding carboxylic acids is 1. The van der Waals surface area contributed by atoms with E-state index in [1.807, 2.05) is 12.1 Å². The summed E-state index contributed by atoms with van der Waals surface area (Å²) in [7, 11) is 0. The Bertz CT molecular complexity index is 762. The van der Waals surface area contributed by atoms with Gasteiger partial charge in [-0.1, -0.05) is 11.6 Å². The van der Waals surface area contributed by atoms with E-state index in [2.05, 4.69) is 27.8 Å². The van der Waals surface area contributed by atoms with Gasteiger partial charge in [0.2, 0.25) is 0 Å². The van der Waals surface area contributed by atoms with Gasteiger partial charge in [0.15, 0.2) is 0 Å². The second-order valence-corrected chi connectivity index (χ2v) is 6.92. The summed E-state index contributed by atoms with van der Waals surface area (Å²) in [6.45, 7) is 2.06. The molecule has 23 heavy (non-hydrogen) atoms.